The van der Waals surface area contributed by atoms with E-state index in [9.17, 15) is 4.39 Å². The first-order chi connectivity index (χ1) is 10.1. The Labute approximate surface area is 128 Å². The van der Waals surface area contributed by atoms with Crippen molar-refractivity contribution in [1.82, 2.24) is 5.32 Å². The van der Waals surface area contributed by atoms with E-state index in [0.717, 1.165) is 28.1 Å². The van der Waals surface area contributed by atoms with Gasteiger partial charge < -0.3 is 10.1 Å². The molecule has 0 spiro atoms. The van der Waals surface area contributed by atoms with Crippen molar-refractivity contribution in [2.75, 3.05) is 7.05 Å². The minimum atomic E-state index is -0.286. The normalized spacial score (nSPS) is 20.8. The number of aryl methyl sites for hydroxylation is 1. The molecule has 2 aromatic carbocycles. The molecular weight excluding hydrogens is 289 g/mol. The van der Waals surface area contributed by atoms with E-state index in [2.05, 4.69) is 5.32 Å². The Kier molecular flexibility index (Phi) is 3.87. The van der Waals surface area contributed by atoms with Gasteiger partial charge in [-0.05, 0) is 37.2 Å². The highest BCUT2D eigenvalue weighted by Gasteiger charge is 2.28. The van der Waals surface area contributed by atoms with Crippen LogP contribution in [0.1, 0.15) is 35.3 Å². The summed E-state index contributed by atoms with van der Waals surface area (Å²) in [6, 6.07) is 10.8. The van der Waals surface area contributed by atoms with Gasteiger partial charge in [0.1, 0.15) is 17.7 Å². The Bertz CT molecular complexity index is 674. The third-order valence-corrected chi connectivity index (χ3v) is 4.39. The quantitative estimate of drug-likeness (QED) is 0.877. The molecule has 0 amide bonds. The van der Waals surface area contributed by atoms with Crippen LogP contribution < -0.4 is 10.1 Å². The van der Waals surface area contributed by atoms with Crippen molar-refractivity contribution >= 4 is 11.6 Å². The van der Waals surface area contributed by atoms with Gasteiger partial charge in [0.2, 0.25) is 0 Å². The molecule has 110 valence electrons. The van der Waals surface area contributed by atoms with E-state index in [1.807, 2.05) is 32.2 Å². The minimum absolute atomic E-state index is 0.130. The van der Waals surface area contributed by atoms with E-state index >= 15 is 0 Å². The lowest BCUT2D eigenvalue weighted by molar-refractivity contribution is 0.153. The fourth-order valence-corrected chi connectivity index (χ4v) is 2.92. The highest BCUT2D eigenvalue weighted by Crippen LogP contribution is 2.41. The van der Waals surface area contributed by atoms with Crippen LogP contribution in [0.5, 0.6) is 5.75 Å². The molecule has 1 N–H and O–H groups in total. The third-order valence-electron chi connectivity index (χ3n) is 3.99. The zero-order valence-electron chi connectivity index (χ0n) is 12.0. The monoisotopic (exact) mass is 305 g/mol. The summed E-state index contributed by atoms with van der Waals surface area (Å²) in [6.07, 6.45) is 0.656. The van der Waals surface area contributed by atoms with Crippen LogP contribution >= 0.6 is 11.6 Å². The molecular formula is C17H17ClFNO. The molecule has 2 nitrogen and oxygen atoms in total. The maximum atomic E-state index is 13.5. The predicted molar refractivity (Wildman–Crippen MR) is 82.4 cm³/mol. The summed E-state index contributed by atoms with van der Waals surface area (Å²) in [6.45, 7) is 1.97. The van der Waals surface area contributed by atoms with E-state index < -0.39 is 0 Å². The average Bonchev–Trinajstić information content (AvgIpc) is 2.48. The zero-order chi connectivity index (χ0) is 15.0. The minimum Gasteiger partial charge on any atom is -0.485 e. The van der Waals surface area contributed by atoms with E-state index in [1.165, 1.54) is 12.1 Å². The molecule has 0 radical (unpaired) electrons. The summed E-state index contributed by atoms with van der Waals surface area (Å²) >= 11 is 6.20. The summed E-state index contributed by atoms with van der Waals surface area (Å²) in [7, 11) is 1.91. The number of hydrogen-bond acceptors (Lipinski definition) is 2. The van der Waals surface area contributed by atoms with Crippen molar-refractivity contribution in [3.63, 3.8) is 0 Å². The van der Waals surface area contributed by atoms with Gasteiger partial charge in [0.05, 0.1) is 0 Å². The van der Waals surface area contributed by atoms with Crippen molar-refractivity contribution in [3.8, 4) is 5.75 Å². The van der Waals surface area contributed by atoms with Gasteiger partial charge in [-0.1, -0.05) is 29.8 Å². The van der Waals surface area contributed by atoms with Crippen LogP contribution in [0.15, 0.2) is 36.4 Å². The van der Waals surface area contributed by atoms with Gasteiger partial charge in [0, 0.05) is 29.1 Å². The lowest BCUT2D eigenvalue weighted by Gasteiger charge is -2.32. The third kappa shape index (κ3) is 2.76. The highest BCUT2D eigenvalue weighted by atomic mass is 35.5. The summed E-state index contributed by atoms with van der Waals surface area (Å²) < 4.78 is 19.4. The van der Waals surface area contributed by atoms with Crippen LogP contribution in [-0.4, -0.2) is 7.05 Å². The average molecular weight is 306 g/mol. The maximum absolute atomic E-state index is 13.5. The largest absolute Gasteiger partial charge is 0.485 e. The van der Waals surface area contributed by atoms with Crippen LogP contribution in [0.25, 0.3) is 0 Å². The fraction of sp³-hybridized carbons (Fsp3) is 0.294. The van der Waals surface area contributed by atoms with Crippen molar-refractivity contribution in [1.29, 1.82) is 0 Å². The maximum Gasteiger partial charge on any atom is 0.127 e. The highest BCUT2D eigenvalue weighted by molar-refractivity contribution is 6.31. The van der Waals surface area contributed by atoms with Crippen LogP contribution in [0.4, 0.5) is 4.39 Å². The van der Waals surface area contributed by atoms with Gasteiger partial charge in [-0.2, -0.15) is 0 Å². The molecule has 3 rings (SSSR count). The lowest BCUT2D eigenvalue weighted by Crippen LogP contribution is -2.26. The van der Waals surface area contributed by atoms with Crippen molar-refractivity contribution in [3.05, 3.63) is 63.9 Å². The van der Waals surface area contributed by atoms with Gasteiger partial charge in [0.25, 0.3) is 0 Å². The van der Waals surface area contributed by atoms with Gasteiger partial charge in [0.15, 0.2) is 0 Å². The van der Waals surface area contributed by atoms with Crippen LogP contribution in [0, 0.1) is 12.7 Å². The summed E-state index contributed by atoms with van der Waals surface area (Å²) in [5.74, 6) is 0.313. The zero-order valence-corrected chi connectivity index (χ0v) is 12.7. The first kappa shape index (κ1) is 14.4. The van der Waals surface area contributed by atoms with Crippen molar-refractivity contribution in [2.24, 2.45) is 0 Å². The second-order valence-corrected chi connectivity index (χ2v) is 5.78. The second-order valence-electron chi connectivity index (χ2n) is 5.37. The molecule has 2 aromatic rings. The molecule has 1 aliphatic rings. The molecule has 2 unspecified atom stereocenters. The van der Waals surface area contributed by atoms with Gasteiger partial charge >= 0.3 is 0 Å². The number of benzene rings is 2. The molecule has 0 fully saturated rings. The lowest BCUT2D eigenvalue weighted by atomic mass is 9.92. The molecule has 2 atom stereocenters. The molecule has 0 bridgehead atoms. The molecule has 1 aliphatic heterocycles. The van der Waals surface area contributed by atoms with E-state index in [-0.39, 0.29) is 18.0 Å². The molecule has 0 aromatic heterocycles. The second kappa shape index (κ2) is 5.66. The molecule has 21 heavy (non-hydrogen) atoms. The standard InChI is InChI=1S/C17H17ClFNO/c1-10-3-4-11(7-14(10)18)16-9-15(20-2)13-6-5-12(19)8-17(13)21-16/h3-8,15-16,20H,9H2,1-2H3. The number of fused-ring (bicyclic) bond motifs is 1. The van der Waals surface area contributed by atoms with Crippen LogP contribution in [-0.2, 0) is 0 Å². The SMILES string of the molecule is CNC1CC(c2ccc(C)c(Cl)c2)Oc2cc(F)ccc21. The number of halogens is 2. The summed E-state index contributed by atoms with van der Waals surface area (Å²) in [4.78, 5) is 0. The van der Waals surface area contributed by atoms with E-state index in [4.69, 9.17) is 16.3 Å². The predicted octanol–water partition coefficient (Wildman–Crippen LogP) is 4.57. The Morgan fingerprint density at radius 2 is 2.05 bits per heavy atom. The first-order valence-corrected chi connectivity index (χ1v) is 7.35. The Morgan fingerprint density at radius 3 is 2.76 bits per heavy atom. The summed E-state index contributed by atoms with van der Waals surface area (Å²) in [5.41, 5.74) is 3.04. The Morgan fingerprint density at radius 1 is 1.24 bits per heavy atom. The first-order valence-electron chi connectivity index (χ1n) is 6.98. The van der Waals surface area contributed by atoms with Crippen LogP contribution in [0.2, 0.25) is 5.02 Å². The molecule has 1 heterocycles. The molecule has 4 heteroatoms. The fourth-order valence-electron chi connectivity index (χ4n) is 2.73. The Balaban J connectivity index is 1.97. The van der Waals surface area contributed by atoms with Crippen molar-refractivity contribution in [2.45, 2.75) is 25.5 Å². The number of nitrogens with one attached hydrogen (secondary N) is 1. The topological polar surface area (TPSA) is 21.3 Å². The van der Waals surface area contributed by atoms with E-state index in [0.29, 0.717) is 5.75 Å². The van der Waals surface area contributed by atoms with Crippen LogP contribution in [0.3, 0.4) is 0 Å². The van der Waals surface area contributed by atoms with Gasteiger partial charge in [-0.3, -0.25) is 0 Å². The van der Waals surface area contributed by atoms with Gasteiger partial charge in [-0.25, -0.2) is 4.39 Å². The number of hydrogen-bond donors (Lipinski definition) is 1. The van der Waals surface area contributed by atoms with Gasteiger partial charge in [-0.15, -0.1) is 0 Å². The Hall–Kier alpha value is -1.58. The number of ether oxygens (including phenoxy) is 1. The number of rotatable bonds is 2. The molecule has 0 aliphatic carbocycles. The molecule has 0 saturated carbocycles. The summed E-state index contributed by atoms with van der Waals surface area (Å²) in [5, 5.41) is 3.99. The van der Waals surface area contributed by atoms with E-state index in [1.54, 1.807) is 6.07 Å². The van der Waals surface area contributed by atoms with Crippen molar-refractivity contribution < 1.29 is 9.13 Å². The molecule has 0 saturated heterocycles. The smallest absolute Gasteiger partial charge is 0.127 e.